The SMILES string of the molecule is C[C@H]1[C@@H]2C[C@H](Oc3ccc(C(F)(F)F)cn3)[C@@H](C2)N1C(=O)c1cccc(F)c1-c1ncc(F)cn1. The smallest absolute Gasteiger partial charge is 0.417 e. The Morgan fingerprint density at radius 2 is 1.77 bits per heavy atom. The van der Waals surface area contributed by atoms with Crippen molar-refractivity contribution in [3.8, 4) is 17.3 Å². The summed E-state index contributed by atoms with van der Waals surface area (Å²) in [6, 6.07) is 5.52. The molecule has 1 amide bonds. The first-order chi connectivity index (χ1) is 16.6. The number of hydrogen-bond donors (Lipinski definition) is 0. The lowest BCUT2D eigenvalue weighted by molar-refractivity contribution is -0.137. The van der Waals surface area contributed by atoms with E-state index >= 15 is 0 Å². The van der Waals surface area contributed by atoms with Crippen LogP contribution in [0.1, 0.15) is 35.7 Å². The van der Waals surface area contributed by atoms with Gasteiger partial charge in [-0.05, 0) is 43.9 Å². The summed E-state index contributed by atoms with van der Waals surface area (Å²) in [7, 11) is 0. The Morgan fingerprint density at radius 3 is 2.40 bits per heavy atom. The minimum absolute atomic E-state index is 0.0294. The normalized spacial score (nSPS) is 23.5. The highest BCUT2D eigenvalue weighted by Gasteiger charge is 2.53. The highest BCUT2D eigenvalue weighted by Crippen LogP contribution is 2.45. The quantitative estimate of drug-likeness (QED) is 0.487. The van der Waals surface area contributed by atoms with E-state index in [0.29, 0.717) is 19.0 Å². The van der Waals surface area contributed by atoms with Crippen molar-refractivity contribution in [3.05, 3.63) is 71.7 Å². The van der Waals surface area contributed by atoms with E-state index in [9.17, 15) is 26.7 Å². The number of ether oxygens (including phenoxy) is 1. The molecule has 6 nitrogen and oxygen atoms in total. The van der Waals surface area contributed by atoms with Crippen LogP contribution in [0.15, 0.2) is 48.9 Å². The van der Waals surface area contributed by atoms with Gasteiger partial charge in [-0.1, -0.05) is 6.07 Å². The van der Waals surface area contributed by atoms with Crippen LogP contribution in [0.3, 0.4) is 0 Å². The van der Waals surface area contributed by atoms with Crippen molar-refractivity contribution < 1.29 is 31.5 Å². The largest absolute Gasteiger partial charge is 0.472 e. The third kappa shape index (κ3) is 4.19. The summed E-state index contributed by atoms with van der Waals surface area (Å²) in [6.07, 6.45) is -1.26. The molecule has 0 N–H and O–H groups in total. The van der Waals surface area contributed by atoms with E-state index in [2.05, 4.69) is 15.0 Å². The number of halogens is 5. The van der Waals surface area contributed by atoms with Gasteiger partial charge in [0.15, 0.2) is 11.6 Å². The van der Waals surface area contributed by atoms with Gasteiger partial charge in [0.25, 0.3) is 5.91 Å². The standard InChI is InChI=1S/C24H19F5N4O2/c1-12-13-7-18(19(8-13)35-20-6-5-14(9-30-20)24(27,28)29)33(12)23(34)16-3-2-4-17(26)21(16)22-31-10-15(25)11-32-22/h2-6,9-13,18-19H,7-8H2,1H3/t12-,13-,18+,19-/m0/s1. The first kappa shape index (κ1) is 23.1. The van der Waals surface area contributed by atoms with Gasteiger partial charge in [-0.15, -0.1) is 0 Å². The number of carbonyl (C=O) groups excluding carboxylic acids is 1. The molecule has 4 atom stereocenters. The molecule has 11 heteroatoms. The van der Waals surface area contributed by atoms with E-state index in [1.165, 1.54) is 18.2 Å². The molecule has 1 saturated carbocycles. The van der Waals surface area contributed by atoms with Crippen LogP contribution in [0.2, 0.25) is 0 Å². The fourth-order valence-electron chi connectivity index (χ4n) is 4.97. The Morgan fingerprint density at radius 1 is 1.03 bits per heavy atom. The second kappa shape index (κ2) is 8.54. The van der Waals surface area contributed by atoms with E-state index < -0.39 is 35.4 Å². The Balaban J connectivity index is 1.41. The Hall–Kier alpha value is -3.63. The molecule has 0 spiro atoms. The van der Waals surface area contributed by atoms with E-state index in [4.69, 9.17) is 4.74 Å². The van der Waals surface area contributed by atoms with Gasteiger partial charge >= 0.3 is 6.18 Å². The summed E-state index contributed by atoms with van der Waals surface area (Å²) in [5.41, 5.74) is -0.985. The fourth-order valence-corrected chi connectivity index (χ4v) is 4.97. The molecule has 5 rings (SSSR count). The number of amides is 1. The van der Waals surface area contributed by atoms with Crippen LogP contribution < -0.4 is 4.74 Å². The van der Waals surface area contributed by atoms with Gasteiger partial charge in [0, 0.05) is 18.3 Å². The highest BCUT2D eigenvalue weighted by atomic mass is 19.4. The van der Waals surface area contributed by atoms with Crippen molar-refractivity contribution in [2.24, 2.45) is 5.92 Å². The van der Waals surface area contributed by atoms with Crippen molar-refractivity contribution in [2.75, 3.05) is 0 Å². The number of fused-ring (bicyclic) bond motifs is 2. The molecule has 3 aromatic rings. The van der Waals surface area contributed by atoms with Crippen molar-refractivity contribution in [1.82, 2.24) is 19.9 Å². The lowest BCUT2D eigenvalue weighted by Crippen LogP contribution is -2.51. The maximum atomic E-state index is 14.8. The number of likely N-dealkylation sites (tertiary alicyclic amines) is 1. The molecule has 0 radical (unpaired) electrons. The van der Waals surface area contributed by atoms with E-state index in [-0.39, 0.29) is 40.8 Å². The molecule has 2 aromatic heterocycles. The van der Waals surface area contributed by atoms with Crippen molar-refractivity contribution in [1.29, 1.82) is 0 Å². The van der Waals surface area contributed by atoms with Crippen molar-refractivity contribution >= 4 is 5.91 Å². The summed E-state index contributed by atoms with van der Waals surface area (Å²) < 4.78 is 72.4. The van der Waals surface area contributed by atoms with Gasteiger partial charge < -0.3 is 9.64 Å². The molecule has 1 aromatic carbocycles. The monoisotopic (exact) mass is 490 g/mol. The number of carbonyl (C=O) groups is 1. The fraction of sp³-hybridized carbons (Fsp3) is 0.333. The first-order valence-electron chi connectivity index (χ1n) is 10.9. The number of benzene rings is 1. The summed E-state index contributed by atoms with van der Waals surface area (Å²) in [6.45, 7) is 1.89. The number of alkyl halides is 3. The molecular weight excluding hydrogens is 471 g/mol. The lowest BCUT2D eigenvalue weighted by Gasteiger charge is -2.38. The summed E-state index contributed by atoms with van der Waals surface area (Å²) in [4.78, 5) is 26.7. The average Bonchev–Trinajstić information content (AvgIpc) is 3.36. The Bertz CT molecular complexity index is 1250. The molecule has 2 aliphatic rings. The molecule has 1 aliphatic heterocycles. The predicted octanol–water partition coefficient (Wildman–Crippen LogP) is 4.91. The van der Waals surface area contributed by atoms with Gasteiger partial charge in [-0.3, -0.25) is 4.79 Å². The van der Waals surface area contributed by atoms with Gasteiger partial charge in [0.1, 0.15) is 11.9 Å². The highest BCUT2D eigenvalue weighted by molar-refractivity contribution is 6.00. The topological polar surface area (TPSA) is 68.2 Å². The van der Waals surface area contributed by atoms with Gasteiger partial charge in [0.2, 0.25) is 5.88 Å². The van der Waals surface area contributed by atoms with E-state index in [0.717, 1.165) is 24.5 Å². The number of aromatic nitrogens is 3. The Kier molecular flexibility index (Phi) is 5.65. The van der Waals surface area contributed by atoms with E-state index in [1.807, 2.05) is 6.92 Å². The summed E-state index contributed by atoms with van der Waals surface area (Å²) in [5, 5.41) is 0. The van der Waals surface area contributed by atoms with E-state index in [1.54, 1.807) is 4.90 Å². The number of pyridine rings is 1. The van der Waals surface area contributed by atoms with Crippen LogP contribution in [0.25, 0.3) is 11.4 Å². The number of piperidine rings is 1. The van der Waals surface area contributed by atoms with Crippen molar-refractivity contribution in [2.45, 2.75) is 44.1 Å². The van der Waals surface area contributed by atoms with Crippen LogP contribution in [0.5, 0.6) is 5.88 Å². The molecule has 2 fully saturated rings. The maximum Gasteiger partial charge on any atom is 0.417 e. The van der Waals surface area contributed by atoms with Gasteiger partial charge in [0.05, 0.1) is 35.1 Å². The summed E-state index contributed by atoms with van der Waals surface area (Å²) >= 11 is 0. The van der Waals surface area contributed by atoms with Gasteiger partial charge in [-0.25, -0.2) is 23.7 Å². The molecule has 0 unspecified atom stereocenters. The maximum absolute atomic E-state index is 14.8. The second-order valence-corrected chi connectivity index (χ2v) is 8.68. The number of rotatable bonds is 4. The Labute approximate surface area is 196 Å². The number of hydrogen-bond acceptors (Lipinski definition) is 5. The minimum atomic E-state index is -4.51. The zero-order valence-electron chi connectivity index (χ0n) is 18.3. The molecule has 35 heavy (non-hydrogen) atoms. The van der Waals surface area contributed by atoms with Crippen LogP contribution in [0, 0.1) is 17.6 Å². The lowest BCUT2D eigenvalue weighted by atomic mass is 9.97. The molecule has 2 bridgehead atoms. The first-order valence-corrected chi connectivity index (χ1v) is 10.9. The molecule has 182 valence electrons. The predicted molar refractivity (Wildman–Crippen MR) is 113 cm³/mol. The molecular formula is C24H19F5N4O2. The molecule has 1 saturated heterocycles. The van der Waals surface area contributed by atoms with Crippen LogP contribution in [-0.2, 0) is 6.18 Å². The third-order valence-corrected chi connectivity index (χ3v) is 6.65. The van der Waals surface area contributed by atoms with Crippen LogP contribution >= 0.6 is 0 Å². The zero-order chi connectivity index (χ0) is 24.9. The van der Waals surface area contributed by atoms with Crippen LogP contribution in [0.4, 0.5) is 22.0 Å². The minimum Gasteiger partial charge on any atom is -0.472 e. The molecule has 3 heterocycles. The average molecular weight is 490 g/mol. The molecule has 1 aliphatic carbocycles. The zero-order valence-corrected chi connectivity index (χ0v) is 18.3. The number of nitrogens with zero attached hydrogens (tertiary/aromatic N) is 4. The van der Waals surface area contributed by atoms with Gasteiger partial charge in [-0.2, -0.15) is 13.2 Å². The van der Waals surface area contributed by atoms with Crippen LogP contribution in [-0.4, -0.2) is 43.9 Å². The summed E-state index contributed by atoms with van der Waals surface area (Å²) in [5.74, 6) is -1.86. The second-order valence-electron chi connectivity index (χ2n) is 8.68. The van der Waals surface area contributed by atoms with Crippen molar-refractivity contribution in [3.63, 3.8) is 0 Å². The third-order valence-electron chi connectivity index (χ3n) is 6.65.